The molecule has 1 aromatic carbocycles. The molecule has 1 aliphatic carbocycles. The van der Waals surface area contributed by atoms with E-state index in [-0.39, 0.29) is 11.8 Å². The summed E-state index contributed by atoms with van der Waals surface area (Å²) in [6.07, 6.45) is 7.18. The van der Waals surface area contributed by atoms with Crippen LogP contribution in [0, 0.1) is 5.92 Å². The minimum atomic E-state index is 0.152. The number of unbranched alkanes of at least 4 members (excludes halogenated alkanes) is 2. The highest BCUT2D eigenvalue weighted by atomic mass is 16.2. The van der Waals surface area contributed by atoms with Gasteiger partial charge in [0.05, 0.1) is 0 Å². The molecule has 0 spiro atoms. The average molecular weight is 357 g/mol. The number of carbonyl (C=O) groups excluding carboxylic acids is 2. The molecule has 1 heterocycles. The zero-order valence-corrected chi connectivity index (χ0v) is 15.9. The third kappa shape index (κ3) is 4.77. The highest BCUT2D eigenvalue weighted by molar-refractivity contribution is 5.93. The molecule has 5 heteroatoms. The van der Waals surface area contributed by atoms with E-state index < -0.39 is 0 Å². The Bertz CT molecular complexity index is 602. The fraction of sp³-hybridized carbons (Fsp3) is 0.619. The van der Waals surface area contributed by atoms with Gasteiger partial charge in [-0.15, -0.1) is 0 Å². The molecule has 1 aliphatic heterocycles. The maximum absolute atomic E-state index is 12.2. The highest BCUT2D eigenvalue weighted by Gasteiger charge is 2.25. The maximum Gasteiger partial charge on any atom is 0.227 e. The lowest BCUT2D eigenvalue weighted by Crippen LogP contribution is -2.48. The van der Waals surface area contributed by atoms with Crippen molar-refractivity contribution in [2.75, 3.05) is 36.4 Å². The van der Waals surface area contributed by atoms with E-state index in [4.69, 9.17) is 0 Å². The maximum atomic E-state index is 12.2. The van der Waals surface area contributed by atoms with Crippen molar-refractivity contribution in [3.8, 4) is 0 Å². The average Bonchev–Trinajstić information content (AvgIpc) is 2.61. The number of carbonyl (C=O) groups is 2. The fourth-order valence-electron chi connectivity index (χ4n) is 3.57. The van der Waals surface area contributed by atoms with Gasteiger partial charge in [-0.3, -0.25) is 9.59 Å². The second-order valence-electron chi connectivity index (χ2n) is 7.49. The second-order valence-corrected chi connectivity index (χ2v) is 7.49. The molecule has 26 heavy (non-hydrogen) atoms. The first kappa shape index (κ1) is 18.7. The molecule has 0 atom stereocenters. The Morgan fingerprint density at radius 2 is 1.73 bits per heavy atom. The van der Waals surface area contributed by atoms with Gasteiger partial charge in [0, 0.05) is 49.9 Å². The van der Waals surface area contributed by atoms with Gasteiger partial charge in [-0.05, 0) is 43.5 Å². The molecule has 142 valence electrons. The van der Waals surface area contributed by atoms with E-state index in [9.17, 15) is 9.59 Å². The van der Waals surface area contributed by atoms with Crippen LogP contribution >= 0.6 is 0 Å². The lowest BCUT2D eigenvalue weighted by atomic mass is 9.85. The second kappa shape index (κ2) is 9.06. The van der Waals surface area contributed by atoms with Crippen molar-refractivity contribution >= 4 is 23.2 Å². The van der Waals surface area contributed by atoms with Crippen LogP contribution in [-0.4, -0.2) is 42.9 Å². The van der Waals surface area contributed by atoms with E-state index in [1.54, 1.807) is 0 Å². The molecule has 1 saturated carbocycles. The Kier molecular flexibility index (Phi) is 6.53. The van der Waals surface area contributed by atoms with Crippen molar-refractivity contribution in [3.63, 3.8) is 0 Å². The van der Waals surface area contributed by atoms with Gasteiger partial charge < -0.3 is 15.1 Å². The Labute approximate surface area is 156 Å². The minimum Gasteiger partial charge on any atom is -0.368 e. The first-order valence-corrected chi connectivity index (χ1v) is 10.1. The predicted molar refractivity (Wildman–Crippen MR) is 105 cm³/mol. The molecule has 0 bridgehead atoms. The number of rotatable bonds is 7. The topological polar surface area (TPSA) is 52.7 Å². The molecule has 1 N–H and O–H groups in total. The SMILES string of the molecule is CCCCCC(=O)N1CCN(c2ccc(NC(=O)C3CCC3)cc2)CC1. The summed E-state index contributed by atoms with van der Waals surface area (Å²) in [5.41, 5.74) is 2.03. The van der Waals surface area contributed by atoms with Crippen molar-refractivity contribution in [3.05, 3.63) is 24.3 Å². The van der Waals surface area contributed by atoms with Crippen LogP contribution in [0.1, 0.15) is 51.9 Å². The standard InChI is InChI=1S/C21H31N3O2/c1-2-3-4-8-20(25)24-15-13-23(14-16-24)19-11-9-18(10-12-19)22-21(26)17-6-5-7-17/h9-12,17H,2-8,13-16H2,1H3,(H,22,26). The van der Waals surface area contributed by atoms with Crippen LogP contribution in [0.2, 0.25) is 0 Å². The monoisotopic (exact) mass is 357 g/mol. The van der Waals surface area contributed by atoms with Crippen LogP contribution < -0.4 is 10.2 Å². The predicted octanol–water partition coefficient (Wildman–Crippen LogP) is 3.65. The molecular formula is C21H31N3O2. The largest absolute Gasteiger partial charge is 0.368 e. The van der Waals surface area contributed by atoms with Crippen molar-refractivity contribution in [2.24, 2.45) is 5.92 Å². The summed E-state index contributed by atoms with van der Waals surface area (Å²) in [7, 11) is 0. The van der Waals surface area contributed by atoms with Gasteiger partial charge in [0.1, 0.15) is 0 Å². The Balaban J connectivity index is 1.45. The fourth-order valence-corrected chi connectivity index (χ4v) is 3.57. The van der Waals surface area contributed by atoms with Crippen LogP contribution in [-0.2, 0) is 9.59 Å². The van der Waals surface area contributed by atoms with Gasteiger partial charge in [0.2, 0.25) is 11.8 Å². The number of nitrogens with one attached hydrogen (secondary N) is 1. The summed E-state index contributed by atoms with van der Waals surface area (Å²) in [5, 5.41) is 3.01. The van der Waals surface area contributed by atoms with Gasteiger partial charge in [0.25, 0.3) is 0 Å². The minimum absolute atomic E-state index is 0.152. The highest BCUT2D eigenvalue weighted by Crippen LogP contribution is 2.28. The summed E-state index contributed by atoms with van der Waals surface area (Å²) < 4.78 is 0. The molecule has 1 aromatic rings. The van der Waals surface area contributed by atoms with Gasteiger partial charge in [0.15, 0.2) is 0 Å². The third-order valence-corrected chi connectivity index (χ3v) is 5.60. The Morgan fingerprint density at radius 1 is 1.04 bits per heavy atom. The zero-order chi connectivity index (χ0) is 18.4. The number of nitrogens with zero attached hydrogens (tertiary/aromatic N) is 2. The molecular weight excluding hydrogens is 326 g/mol. The lowest BCUT2D eigenvalue weighted by molar-refractivity contribution is -0.131. The van der Waals surface area contributed by atoms with Crippen molar-refractivity contribution in [2.45, 2.75) is 51.9 Å². The molecule has 1 saturated heterocycles. The molecule has 2 amide bonds. The van der Waals surface area contributed by atoms with Crippen molar-refractivity contribution in [1.29, 1.82) is 0 Å². The van der Waals surface area contributed by atoms with Crippen LogP contribution in [0.25, 0.3) is 0 Å². The molecule has 0 radical (unpaired) electrons. The molecule has 2 fully saturated rings. The number of benzene rings is 1. The zero-order valence-electron chi connectivity index (χ0n) is 15.9. The summed E-state index contributed by atoms with van der Waals surface area (Å²) in [4.78, 5) is 28.5. The third-order valence-electron chi connectivity index (χ3n) is 5.60. The Hall–Kier alpha value is -2.04. The first-order valence-electron chi connectivity index (χ1n) is 10.1. The van der Waals surface area contributed by atoms with Crippen LogP contribution in [0.5, 0.6) is 0 Å². The van der Waals surface area contributed by atoms with Crippen LogP contribution in [0.4, 0.5) is 11.4 Å². The summed E-state index contributed by atoms with van der Waals surface area (Å²) >= 11 is 0. The van der Waals surface area contributed by atoms with E-state index in [0.717, 1.165) is 69.7 Å². The molecule has 3 rings (SSSR count). The smallest absolute Gasteiger partial charge is 0.227 e. The number of hydrogen-bond acceptors (Lipinski definition) is 3. The van der Waals surface area contributed by atoms with Gasteiger partial charge in [-0.1, -0.05) is 26.2 Å². The number of amides is 2. The van der Waals surface area contributed by atoms with Gasteiger partial charge in [-0.25, -0.2) is 0 Å². The lowest BCUT2D eigenvalue weighted by Gasteiger charge is -2.36. The van der Waals surface area contributed by atoms with Gasteiger partial charge >= 0.3 is 0 Å². The van der Waals surface area contributed by atoms with E-state index in [0.29, 0.717) is 12.3 Å². The van der Waals surface area contributed by atoms with E-state index in [1.807, 2.05) is 17.0 Å². The van der Waals surface area contributed by atoms with E-state index in [2.05, 4.69) is 29.3 Å². The molecule has 0 aromatic heterocycles. The molecule has 5 nitrogen and oxygen atoms in total. The van der Waals surface area contributed by atoms with Crippen LogP contribution in [0.3, 0.4) is 0 Å². The quantitative estimate of drug-likeness (QED) is 0.758. The summed E-state index contributed by atoms with van der Waals surface area (Å²) in [6, 6.07) is 8.09. The molecule has 2 aliphatic rings. The summed E-state index contributed by atoms with van der Waals surface area (Å²) in [5.74, 6) is 0.656. The van der Waals surface area contributed by atoms with Gasteiger partial charge in [-0.2, -0.15) is 0 Å². The van der Waals surface area contributed by atoms with Crippen molar-refractivity contribution in [1.82, 2.24) is 4.90 Å². The van der Waals surface area contributed by atoms with E-state index in [1.165, 1.54) is 6.42 Å². The number of anilines is 2. The van der Waals surface area contributed by atoms with E-state index >= 15 is 0 Å². The number of hydrogen-bond donors (Lipinski definition) is 1. The van der Waals surface area contributed by atoms with Crippen LogP contribution in [0.15, 0.2) is 24.3 Å². The normalized spacial score (nSPS) is 17.7. The molecule has 0 unspecified atom stereocenters. The first-order chi connectivity index (χ1) is 12.7. The Morgan fingerprint density at radius 3 is 2.31 bits per heavy atom. The number of piperazine rings is 1. The van der Waals surface area contributed by atoms with Crippen molar-refractivity contribution < 1.29 is 9.59 Å². The summed E-state index contributed by atoms with van der Waals surface area (Å²) in [6.45, 7) is 5.49.